The third-order valence-electron chi connectivity index (χ3n) is 5.92. The van der Waals surface area contributed by atoms with Crippen molar-refractivity contribution in [1.29, 1.82) is 0 Å². The van der Waals surface area contributed by atoms with Gasteiger partial charge in [0.05, 0.1) is 24.6 Å². The SMILES string of the molecule is COc1ccc(CC(=O)N2CCC3(C2)NCc2ccccc2NC3=NC(C)(C)C)cc1. The second kappa shape index (κ2) is 8.35. The first-order valence-electron chi connectivity index (χ1n) is 10.9. The highest BCUT2D eigenvalue weighted by molar-refractivity contribution is 6.04. The summed E-state index contributed by atoms with van der Waals surface area (Å²) in [5.74, 6) is 1.86. The molecule has 1 unspecified atom stereocenters. The lowest BCUT2D eigenvalue weighted by Gasteiger charge is -2.32. The zero-order chi connectivity index (χ0) is 22.1. The third kappa shape index (κ3) is 4.74. The quantitative estimate of drug-likeness (QED) is 0.796. The second-order valence-electron chi connectivity index (χ2n) is 9.44. The first kappa shape index (κ1) is 21.4. The van der Waals surface area contributed by atoms with Gasteiger partial charge in [0.2, 0.25) is 5.91 Å². The maximum Gasteiger partial charge on any atom is 0.227 e. The van der Waals surface area contributed by atoms with Crippen molar-refractivity contribution < 1.29 is 9.53 Å². The Labute approximate surface area is 184 Å². The summed E-state index contributed by atoms with van der Waals surface area (Å²) in [5, 5.41) is 7.35. The average Bonchev–Trinajstić information content (AvgIpc) is 3.12. The number of ether oxygens (including phenoxy) is 1. The number of hydrogen-bond acceptors (Lipinski definition) is 4. The molecule has 2 aliphatic rings. The molecular formula is C25H32N4O2. The third-order valence-corrected chi connectivity index (χ3v) is 5.92. The van der Waals surface area contributed by atoms with Crippen molar-refractivity contribution in [3.63, 3.8) is 0 Å². The number of carbonyl (C=O) groups excluding carboxylic acids is 1. The molecule has 0 bridgehead atoms. The van der Waals surface area contributed by atoms with E-state index in [-0.39, 0.29) is 17.0 Å². The van der Waals surface area contributed by atoms with E-state index in [1.54, 1.807) is 7.11 Å². The zero-order valence-corrected chi connectivity index (χ0v) is 18.9. The molecule has 6 heteroatoms. The molecule has 1 fully saturated rings. The lowest BCUT2D eigenvalue weighted by atomic mass is 9.95. The molecule has 164 valence electrons. The number of methoxy groups -OCH3 is 1. The summed E-state index contributed by atoms with van der Waals surface area (Å²) in [7, 11) is 1.65. The molecule has 2 aromatic carbocycles. The van der Waals surface area contributed by atoms with Gasteiger partial charge < -0.3 is 15.0 Å². The molecule has 0 aliphatic carbocycles. The number of amides is 1. The van der Waals surface area contributed by atoms with Gasteiger partial charge in [0.15, 0.2) is 0 Å². The second-order valence-corrected chi connectivity index (χ2v) is 9.44. The summed E-state index contributed by atoms with van der Waals surface area (Å²) in [4.78, 5) is 20.1. The Morgan fingerprint density at radius 3 is 2.61 bits per heavy atom. The summed E-state index contributed by atoms with van der Waals surface area (Å²) >= 11 is 0. The van der Waals surface area contributed by atoms with Crippen LogP contribution in [-0.2, 0) is 17.8 Å². The molecule has 2 aliphatic heterocycles. The molecule has 0 saturated carbocycles. The van der Waals surface area contributed by atoms with Crippen LogP contribution in [0.1, 0.15) is 38.3 Å². The summed E-state index contributed by atoms with van der Waals surface area (Å²) in [5.41, 5.74) is 2.69. The van der Waals surface area contributed by atoms with Crippen LogP contribution in [0.4, 0.5) is 5.69 Å². The van der Waals surface area contributed by atoms with Crippen molar-refractivity contribution in [3.8, 4) is 5.75 Å². The number of benzene rings is 2. The van der Waals surface area contributed by atoms with Crippen LogP contribution < -0.4 is 15.4 Å². The maximum absolute atomic E-state index is 13.1. The molecule has 2 heterocycles. The first-order chi connectivity index (χ1) is 14.8. The van der Waals surface area contributed by atoms with Gasteiger partial charge in [0.25, 0.3) is 0 Å². The van der Waals surface area contributed by atoms with Crippen molar-refractivity contribution in [1.82, 2.24) is 10.2 Å². The van der Waals surface area contributed by atoms with Crippen LogP contribution >= 0.6 is 0 Å². The summed E-state index contributed by atoms with van der Waals surface area (Å²) in [6.45, 7) is 8.38. The van der Waals surface area contributed by atoms with Crippen LogP contribution in [0.15, 0.2) is 53.5 Å². The highest BCUT2D eigenvalue weighted by Crippen LogP contribution is 2.31. The van der Waals surface area contributed by atoms with Gasteiger partial charge >= 0.3 is 0 Å². The Morgan fingerprint density at radius 1 is 1.16 bits per heavy atom. The topological polar surface area (TPSA) is 66.0 Å². The van der Waals surface area contributed by atoms with Gasteiger partial charge in [-0.2, -0.15) is 0 Å². The van der Waals surface area contributed by atoms with Crippen LogP contribution in [0.5, 0.6) is 5.75 Å². The standard InChI is InChI=1S/C25H32N4O2/c1-24(2,3)28-23-25(26-16-19-7-5-6-8-21(19)27-23)13-14-29(17-25)22(30)15-18-9-11-20(31-4)12-10-18/h5-12,26H,13-17H2,1-4H3,(H,27,28). The van der Waals surface area contributed by atoms with Crippen molar-refractivity contribution >= 4 is 17.4 Å². The van der Waals surface area contributed by atoms with Crippen molar-refractivity contribution in [2.24, 2.45) is 4.99 Å². The minimum Gasteiger partial charge on any atom is -0.497 e. The van der Waals surface area contributed by atoms with Crippen LogP contribution in [0, 0.1) is 0 Å². The van der Waals surface area contributed by atoms with Crippen molar-refractivity contribution in [2.45, 2.75) is 51.2 Å². The predicted octanol–water partition coefficient (Wildman–Crippen LogP) is 3.62. The number of aliphatic imine (C=N–C) groups is 1. The molecule has 0 radical (unpaired) electrons. The highest BCUT2D eigenvalue weighted by atomic mass is 16.5. The molecule has 4 rings (SSSR count). The molecule has 31 heavy (non-hydrogen) atoms. The zero-order valence-electron chi connectivity index (χ0n) is 18.9. The summed E-state index contributed by atoms with van der Waals surface area (Å²) < 4.78 is 5.22. The van der Waals surface area contributed by atoms with Gasteiger partial charge in [-0.05, 0) is 56.5 Å². The van der Waals surface area contributed by atoms with E-state index >= 15 is 0 Å². The first-order valence-corrected chi connectivity index (χ1v) is 10.9. The molecule has 1 amide bonds. The number of amidine groups is 1. The fraction of sp³-hybridized carbons (Fsp3) is 0.440. The van der Waals surface area contributed by atoms with Crippen LogP contribution in [-0.4, -0.2) is 47.9 Å². The molecule has 1 spiro atoms. The fourth-order valence-electron chi connectivity index (χ4n) is 4.25. The number of rotatable bonds is 3. The van der Waals surface area contributed by atoms with Gasteiger partial charge in [0, 0.05) is 25.3 Å². The number of carbonyl (C=O) groups is 1. The lowest BCUT2D eigenvalue weighted by Crippen LogP contribution is -2.56. The summed E-state index contributed by atoms with van der Waals surface area (Å²) in [6.07, 6.45) is 1.22. The number of fused-ring (bicyclic) bond motifs is 1. The van der Waals surface area contributed by atoms with Gasteiger partial charge in [-0.3, -0.25) is 15.1 Å². The smallest absolute Gasteiger partial charge is 0.227 e. The average molecular weight is 421 g/mol. The molecule has 2 N–H and O–H groups in total. The van der Waals surface area contributed by atoms with Gasteiger partial charge in [-0.1, -0.05) is 30.3 Å². The largest absolute Gasteiger partial charge is 0.497 e. The van der Waals surface area contributed by atoms with E-state index in [9.17, 15) is 4.79 Å². The number of nitrogens with zero attached hydrogens (tertiary/aromatic N) is 2. The van der Waals surface area contributed by atoms with Crippen LogP contribution in [0.3, 0.4) is 0 Å². The number of nitrogens with one attached hydrogen (secondary N) is 2. The summed E-state index contributed by atoms with van der Waals surface area (Å²) in [6, 6.07) is 16.0. The molecule has 6 nitrogen and oxygen atoms in total. The van der Waals surface area contributed by atoms with Crippen LogP contribution in [0.2, 0.25) is 0 Å². The number of para-hydroxylation sites is 1. The van der Waals surface area contributed by atoms with E-state index in [0.29, 0.717) is 19.5 Å². The van der Waals surface area contributed by atoms with E-state index in [0.717, 1.165) is 35.8 Å². The van der Waals surface area contributed by atoms with E-state index in [1.165, 1.54) is 5.56 Å². The van der Waals surface area contributed by atoms with Gasteiger partial charge in [0.1, 0.15) is 11.6 Å². The predicted molar refractivity (Wildman–Crippen MR) is 125 cm³/mol. The van der Waals surface area contributed by atoms with E-state index in [2.05, 4.69) is 49.6 Å². The van der Waals surface area contributed by atoms with Crippen molar-refractivity contribution in [3.05, 3.63) is 59.7 Å². The Hall–Kier alpha value is -2.86. The van der Waals surface area contributed by atoms with E-state index in [1.807, 2.05) is 35.2 Å². The van der Waals surface area contributed by atoms with Gasteiger partial charge in [-0.25, -0.2) is 0 Å². The Kier molecular flexibility index (Phi) is 5.75. The van der Waals surface area contributed by atoms with Crippen LogP contribution in [0.25, 0.3) is 0 Å². The Bertz CT molecular complexity index is 978. The molecule has 2 aromatic rings. The minimum atomic E-state index is -0.373. The Balaban J connectivity index is 1.55. The number of likely N-dealkylation sites (tertiary alicyclic amines) is 1. The maximum atomic E-state index is 13.1. The molecular weight excluding hydrogens is 388 g/mol. The normalized spacial score (nSPS) is 22.2. The number of hydrogen-bond donors (Lipinski definition) is 2. The van der Waals surface area contributed by atoms with Gasteiger partial charge in [-0.15, -0.1) is 0 Å². The number of anilines is 1. The van der Waals surface area contributed by atoms with E-state index < -0.39 is 0 Å². The monoisotopic (exact) mass is 420 g/mol. The fourth-order valence-corrected chi connectivity index (χ4v) is 4.25. The Morgan fingerprint density at radius 2 is 1.90 bits per heavy atom. The highest BCUT2D eigenvalue weighted by Gasteiger charge is 2.45. The van der Waals surface area contributed by atoms with Crippen molar-refractivity contribution in [2.75, 3.05) is 25.5 Å². The molecule has 0 aromatic heterocycles. The van der Waals surface area contributed by atoms with E-state index in [4.69, 9.17) is 9.73 Å². The minimum absolute atomic E-state index is 0.140. The molecule has 1 saturated heterocycles. The lowest BCUT2D eigenvalue weighted by molar-refractivity contribution is -0.129. The molecule has 1 atom stereocenters.